The molecule has 3 aromatic rings. The van der Waals surface area contributed by atoms with E-state index in [0.29, 0.717) is 10.7 Å². The number of anilines is 1. The number of fused-ring (bicyclic) bond motifs is 1. The molecule has 4 rings (SSSR count). The SMILES string of the molecule is NNc1ncnc2c1c(F)nn2C1CCC(Cc2ccc(Cl)cc2)O1. The standard InChI is InChI=1S/C16H16ClFN6O/c17-10-3-1-9(2-4-10)7-11-5-6-12(25-11)24-16-13(14(18)23-24)15(22-19)20-8-21-16/h1-4,8,11-12H,5-7,19H2,(H,20,21,22). The molecule has 0 saturated carbocycles. The molecule has 0 spiro atoms. The van der Waals surface area contributed by atoms with E-state index in [1.54, 1.807) is 0 Å². The molecule has 2 unspecified atom stereocenters. The predicted octanol–water partition coefficient (Wildman–Crippen LogP) is 2.82. The van der Waals surface area contributed by atoms with E-state index in [2.05, 4.69) is 20.5 Å². The maximum Gasteiger partial charge on any atom is 0.246 e. The fourth-order valence-corrected chi connectivity index (χ4v) is 3.27. The van der Waals surface area contributed by atoms with Gasteiger partial charge in [-0.2, -0.15) is 4.39 Å². The van der Waals surface area contributed by atoms with Gasteiger partial charge in [-0.05, 0) is 37.0 Å². The number of nitrogen functional groups attached to an aromatic ring is 1. The Hall–Kier alpha value is -2.29. The molecule has 1 aromatic carbocycles. The molecule has 7 nitrogen and oxygen atoms in total. The lowest BCUT2D eigenvalue weighted by atomic mass is 10.1. The highest BCUT2D eigenvalue weighted by Gasteiger charge is 2.30. The number of nitrogens with zero attached hydrogens (tertiary/aromatic N) is 4. The zero-order valence-corrected chi connectivity index (χ0v) is 13.9. The number of benzene rings is 1. The first kappa shape index (κ1) is 16.2. The van der Waals surface area contributed by atoms with Crippen LogP contribution >= 0.6 is 11.6 Å². The third-order valence-corrected chi connectivity index (χ3v) is 4.57. The number of nitrogens with one attached hydrogen (secondary N) is 1. The number of hydrazine groups is 1. The molecule has 2 aromatic heterocycles. The van der Waals surface area contributed by atoms with Crippen molar-refractivity contribution in [1.29, 1.82) is 0 Å². The highest BCUT2D eigenvalue weighted by molar-refractivity contribution is 6.30. The summed E-state index contributed by atoms with van der Waals surface area (Å²) in [6.07, 6.45) is 3.31. The van der Waals surface area contributed by atoms with Gasteiger partial charge in [0.05, 0.1) is 6.10 Å². The molecule has 25 heavy (non-hydrogen) atoms. The average molecular weight is 363 g/mol. The van der Waals surface area contributed by atoms with E-state index in [1.807, 2.05) is 24.3 Å². The number of hydrogen-bond acceptors (Lipinski definition) is 6. The molecule has 2 atom stereocenters. The van der Waals surface area contributed by atoms with Crippen molar-refractivity contribution in [3.8, 4) is 0 Å². The van der Waals surface area contributed by atoms with Crippen LogP contribution in [0.2, 0.25) is 5.02 Å². The highest BCUT2D eigenvalue weighted by Crippen LogP contribution is 2.33. The number of ether oxygens (including phenoxy) is 1. The molecule has 1 fully saturated rings. The molecular formula is C16H16ClFN6O. The second kappa shape index (κ2) is 6.55. The van der Waals surface area contributed by atoms with Crippen molar-refractivity contribution in [2.24, 2.45) is 5.84 Å². The molecule has 130 valence electrons. The van der Waals surface area contributed by atoms with Gasteiger partial charge < -0.3 is 10.2 Å². The van der Waals surface area contributed by atoms with Gasteiger partial charge in [0.2, 0.25) is 5.95 Å². The number of rotatable bonds is 4. The summed E-state index contributed by atoms with van der Waals surface area (Å²) in [6.45, 7) is 0. The van der Waals surface area contributed by atoms with Gasteiger partial charge in [0.25, 0.3) is 0 Å². The van der Waals surface area contributed by atoms with Gasteiger partial charge in [-0.15, -0.1) is 5.10 Å². The maximum absolute atomic E-state index is 14.2. The van der Waals surface area contributed by atoms with Gasteiger partial charge >= 0.3 is 0 Å². The molecule has 3 N–H and O–H groups in total. The molecule has 9 heteroatoms. The third kappa shape index (κ3) is 3.04. The Morgan fingerprint density at radius 2 is 2.08 bits per heavy atom. The lowest BCUT2D eigenvalue weighted by Crippen LogP contribution is -2.15. The third-order valence-electron chi connectivity index (χ3n) is 4.32. The van der Waals surface area contributed by atoms with Crippen LogP contribution in [0.4, 0.5) is 10.2 Å². The largest absolute Gasteiger partial charge is 0.353 e. The molecule has 1 saturated heterocycles. The maximum atomic E-state index is 14.2. The molecule has 3 heterocycles. The molecular weight excluding hydrogens is 347 g/mol. The lowest BCUT2D eigenvalue weighted by Gasteiger charge is -2.14. The summed E-state index contributed by atoms with van der Waals surface area (Å²) in [6, 6.07) is 7.68. The number of nitrogens with two attached hydrogens (primary N) is 1. The monoisotopic (exact) mass is 362 g/mol. The quantitative estimate of drug-likeness (QED) is 0.548. The first-order valence-corrected chi connectivity index (χ1v) is 8.28. The summed E-state index contributed by atoms with van der Waals surface area (Å²) in [5.74, 6) is 4.91. The van der Waals surface area contributed by atoms with Crippen LogP contribution in [0.25, 0.3) is 11.0 Å². The summed E-state index contributed by atoms with van der Waals surface area (Å²) >= 11 is 5.91. The molecule has 0 amide bonds. The van der Waals surface area contributed by atoms with Crippen LogP contribution in [0.1, 0.15) is 24.6 Å². The fraction of sp³-hybridized carbons (Fsp3) is 0.312. The van der Waals surface area contributed by atoms with Crippen LogP contribution in [-0.2, 0) is 11.2 Å². The van der Waals surface area contributed by atoms with Crippen molar-refractivity contribution in [2.75, 3.05) is 5.43 Å². The Morgan fingerprint density at radius 1 is 1.28 bits per heavy atom. The highest BCUT2D eigenvalue weighted by atomic mass is 35.5. The van der Waals surface area contributed by atoms with Crippen molar-refractivity contribution < 1.29 is 9.13 Å². The van der Waals surface area contributed by atoms with Crippen molar-refractivity contribution in [1.82, 2.24) is 19.7 Å². The van der Waals surface area contributed by atoms with Gasteiger partial charge in [-0.1, -0.05) is 23.7 Å². The van der Waals surface area contributed by atoms with E-state index in [-0.39, 0.29) is 23.5 Å². The van der Waals surface area contributed by atoms with Gasteiger partial charge in [-0.25, -0.2) is 20.5 Å². The number of hydrogen-bond donors (Lipinski definition) is 2. The first-order valence-electron chi connectivity index (χ1n) is 7.91. The van der Waals surface area contributed by atoms with Crippen molar-refractivity contribution in [3.05, 3.63) is 47.1 Å². The van der Waals surface area contributed by atoms with Crippen LogP contribution < -0.4 is 11.3 Å². The van der Waals surface area contributed by atoms with E-state index >= 15 is 0 Å². The predicted molar refractivity (Wildman–Crippen MR) is 91.4 cm³/mol. The minimum Gasteiger partial charge on any atom is -0.353 e. The summed E-state index contributed by atoms with van der Waals surface area (Å²) in [5.41, 5.74) is 3.87. The van der Waals surface area contributed by atoms with E-state index in [1.165, 1.54) is 11.0 Å². The zero-order valence-electron chi connectivity index (χ0n) is 13.2. The average Bonchev–Trinajstić information content (AvgIpc) is 3.21. The first-order chi connectivity index (χ1) is 12.2. The van der Waals surface area contributed by atoms with Gasteiger partial charge in [0.15, 0.2) is 17.7 Å². The molecule has 0 radical (unpaired) electrons. The van der Waals surface area contributed by atoms with E-state index in [9.17, 15) is 4.39 Å². The van der Waals surface area contributed by atoms with Crippen LogP contribution in [0, 0.1) is 5.95 Å². The zero-order chi connectivity index (χ0) is 17.4. The van der Waals surface area contributed by atoms with Crippen LogP contribution in [0.3, 0.4) is 0 Å². The number of aromatic nitrogens is 4. The summed E-state index contributed by atoms with van der Waals surface area (Å²) < 4.78 is 21.7. The number of halogens is 2. The second-order valence-electron chi connectivity index (χ2n) is 5.92. The van der Waals surface area contributed by atoms with Crippen molar-refractivity contribution in [2.45, 2.75) is 31.6 Å². The minimum absolute atomic E-state index is 0.0300. The fourth-order valence-electron chi connectivity index (χ4n) is 3.14. The van der Waals surface area contributed by atoms with Gasteiger partial charge in [-0.3, -0.25) is 0 Å². The van der Waals surface area contributed by atoms with Crippen LogP contribution in [0.15, 0.2) is 30.6 Å². The Kier molecular flexibility index (Phi) is 4.24. The van der Waals surface area contributed by atoms with E-state index < -0.39 is 5.95 Å². The second-order valence-corrected chi connectivity index (χ2v) is 6.36. The lowest BCUT2D eigenvalue weighted by molar-refractivity contribution is -0.00315. The normalized spacial score (nSPS) is 20.3. The Bertz CT molecular complexity index is 900. The topological polar surface area (TPSA) is 90.9 Å². The molecule has 1 aliphatic heterocycles. The summed E-state index contributed by atoms with van der Waals surface area (Å²) in [7, 11) is 0. The molecule has 0 bridgehead atoms. The Morgan fingerprint density at radius 3 is 2.84 bits per heavy atom. The van der Waals surface area contributed by atoms with Crippen LogP contribution in [0.5, 0.6) is 0 Å². The van der Waals surface area contributed by atoms with E-state index in [0.717, 1.165) is 24.8 Å². The Labute approximate surface area is 147 Å². The van der Waals surface area contributed by atoms with Crippen LogP contribution in [-0.4, -0.2) is 25.9 Å². The van der Waals surface area contributed by atoms with Gasteiger partial charge in [0.1, 0.15) is 11.7 Å². The summed E-state index contributed by atoms with van der Waals surface area (Å²) in [5, 5.41) is 4.81. The summed E-state index contributed by atoms with van der Waals surface area (Å²) in [4.78, 5) is 8.04. The van der Waals surface area contributed by atoms with Crippen molar-refractivity contribution >= 4 is 28.5 Å². The molecule has 1 aliphatic rings. The Balaban J connectivity index is 1.56. The van der Waals surface area contributed by atoms with E-state index in [4.69, 9.17) is 22.2 Å². The molecule has 0 aliphatic carbocycles. The van der Waals surface area contributed by atoms with Gasteiger partial charge in [0, 0.05) is 5.02 Å². The van der Waals surface area contributed by atoms with Crippen molar-refractivity contribution in [3.63, 3.8) is 0 Å². The minimum atomic E-state index is -0.673. The smallest absolute Gasteiger partial charge is 0.246 e.